The number of ether oxygens (including phenoxy) is 1. The van der Waals surface area contributed by atoms with Crippen molar-refractivity contribution >= 4 is 85.2 Å². The van der Waals surface area contributed by atoms with Crippen LogP contribution in [0, 0.1) is 12.5 Å². The molecule has 0 radical (unpaired) electrons. The molecule has 1 N–H and O–H groups in total. The van der Waals surface area contributed by atoms with Crippen LogP contribution in [0.2, 0.25) is 0 Å². The summed E-state index contributed by atoms with van der Waals surface area (Å²) in [5.41, 5.74) is 0.933. The molecule has 1 aliphatic rings. The van der Waals surface area contributed by atoms with Crippen molar-refractivity contribution in [2.75, 3.05) is 7.11 Å². The van der Waals surface area contributed by atoms with E-state index >= 15 is 0 Å². The smallest absolute Gasteiger partial charge is 0.186 e. The van der Waals surface area contributed by atoms with E-state index in [9.17, 15) is 4.79 Å². The van der Waals surface area contributed by atoms with E-state index in [4.69, 9.17) is 10.1 Å². The number of hydrogen-bond acceptors (Lipinski definition) is 6. The minimum absolute atomic E-state index is 0.0456. The second-order valence-corrected chi connectivity index (χ2v) is 8.99. The van der Waals surface area contributed by atoms with Gasteiger partial charge in [-0.1, -0.05) is 11.8 Å². The Morgan fingerprint density at radius 2 is 2.04 bits per heavy atom. The summed E-state index contributed by atoms with van der Waals surface area (Å²) in [6, 6.07) is 3.95. The number of nitrogens with zero attached hydrogens (tertiary/aromatic N) is 1. The van der Waals surface area contributed by atoms with E-state index in [1.165, 1.54) is 23.1 Å². The first-order chi connectivity index (χ1) is 11.0. The summed E-state index contributed by atoms with van der Waals surface area (Å²) in [5.74, 6) is 0.255. The SMILES string of the molecule is COc1c(I)cc(/C=C2\SC(=N)[C@@H](c3nccs3)C2=O)cc1I. The van der Waals surface area contributed by atoms with Crippen molar-refractivity contribution in [3.05, 3.63) is 46.3 Å². The first-order valence-electron chi connectivity index (χ1n) is 6.46. The van der Waals surface area contributed by atoms with Crippen molar-refractivity contribution < 1.29 is 9.53 Å². The number of rotatable bonds is 3. The van der Waals surface area contributed by atoms with Gasteiger partial charge in [0.15, 0.2) is 5.78 Å². The molecule has 2 aromatic rings. The zero-order chi connectivity index (χ0) is 16.6. The average Bonchev–Trinajstić information content (AvgIpc) is 3.08. The molecule has 1 aliphatic heterocycles. The Bertz CT molecular complexity index is 796. The van der Waals surface area contributed by atoms with Crippen LogP contribution in [0.25, 0.3) is 6.08 Å². The molecule has 1 atom stereocenters. The van der Waals surface area contributed by atoms with Crippen LogP contribution in [0.4, 0.5) is 0 Å². The summed E-state index contributed by atoms with van der Waals surface area (Å²) < 4.78 is 7.34. The van der Waals surface area contributed by atoms with Crippen molar-refractivity contribution in [3.63, 3.8) is 0 Å². The molecule has 0 unspecified atom stereocenters. The molecule has 2 heterocycles. The van der Waals surface area contributed by atoms with Crippen LogP contribution in [0.5, 0.6) is 5.75 Å². The molecule has 1 aromatic carbocycles. The lowest BCUT2D eigenvalue weighted by Gasteiger charge is -2.07. The highest BCUT2D eigenvalue weighted by Crippen LogP contribution is 2.41. The largest absolute Gasteiger partial charge is 0.495 e. The summed E-state index contributed by atoms with van der Waals surface area (Å²) >= 11 is 7.07. The molecule has 1 aromatic heterocycles. The Balaban J connectivity index is 1.95. The van der Waals surface area contributed by atoms with Crippen LogP contribution in [-0.2, 0) is 4.79 Å². The van der Waals surface area contributed by atoms with Crippen LogP contribution in [0.3, 0.4) is 0 Å². The molecule has 4 nitrogen and oxygen atoms in total. The second kappa shape index (κ2) is 7.19. The van der Waals surface area contributed by atoms with E-state index in [1.54, 1.807) is 13.3 Å². The standard InChI is InChI=1S/C15H10I2N2O2S2/c1-21-13-8(16)4-7(5-9(13)17)6-10-12(20)11(14(18)23-10)15-19-2-3-22-15/h2-6,11,18H,1H3/b10-6-,18-14?/t11-/m0/s1. The first kappa shape index (κ1) is 17.4. The normalized spacial score (nSPS) is 19.6. The van der Waals surface area contributed by atoms with Gasteiger partial charge in [0.25, 0.3) is 0 Å². The van der Waals surface area contributed by atoms with Gasteiger partial charge in [-0.05, 0) is 69.0 Å². The van der Waals surface area contributed by atoms with Crippen LogP contribution in [-0.4, -0.2) is 22.9 Å². The number of methoxy groups -OCH3 is 1. The highest BCUT2D eigenvalue weighted by Gasteiger charge is 2.38. The van der Waals surface area contributed by atoms with Gasteiger partial charge in [-0.3, -0.25) is 10.2 Å². The molecule has 1 saturated heterocycles. The van der Waals surface area contributed by atoms with E-state index in [0.29, 0.717) is 15.0 Å². The van der Waals surface area contributed by atoms with Crippen LogP contribution in [0.1, 0.15) is 16.5 Å². The fourth-order valence-corrected chi connectivity index (χ4v) is 6.26. The van der Waals surface area contributed by atoms with Gasteiger partial charge < -0.3 is 4.74 Å². The number of ketones is 1. The van der Waals surface area contributed by atoms with Crippen LogP contribution < -0.4 is 4.74 Å². The first-order valence-corrected chi connectivity index (χ1v) is 10.3. The Kier molecular flexibility index (Phi) is 5.43. The predicted octanol–water partition coefficient (Wildman–Crippen LogP) is 4.78. The number of benzene rings is 1. The second-order valence-electron chi connectivity index (χ2n) is 4.66. The monoisotopic (exact) mass is 568 g/mol. The number of carbonyl (C=O) groups excluding carboxylic acids is 1. The van der Waals surface area contributed by atoms with Gasteiger partial charge in [-0.25, -0.2) is 4.98 Å². The predicted molar refractivity (Wildman–Crippen MR) is 112 cm³/mol. The Morgan fingerprint density at radius 3 is 2.61 bits per heavy atom. The molecule has 0 saturated carbocycles. The van der Waals surface area contributed by atoms with Crippen LogP contribution >= 0.6 is 68.3 Å². The summed E-state index contributed by atoms with van der Waals surface area (Å²) in [5, 5.41) is 11.0. The third kappa shape index (κ3) is 3.49. The number of halogens is 2. The Hall–Kier alpha value is -0.460. The number of thiazole rings is 1. The molecule has 0 spiro atoms. The molecule has 3 rings (SSSR count). The molecule has 8 heteroatoms. The summed E-state index contributed by atoms with van der Waals surface area (Å²) in [4.78, 5) is 17.4. The lowest BCUT2D eigenvalue weighted by molar-refractivity contribution is -0.114. The quantitative estimate of drug-likeness (QED) is 0.428. The van der Waals surface area contributed by atoms with Crippen LogP contribution in [0.15, 0.2) is 28.6 Å². The maximum Gasteiger partial charge on any atom is 0.186 e. The molecule has 1 fully saturated rings. The van der Waals surface area contributed by atoms with E-state index < -0.39 is 5.92 Å². The number of thioether (sulfide) groups is 1. The van der Waals surface area contributed by atoms with E-state index in [1.807, 2.05) is 23.6 Å². The van der Waals surface area contributed by atoms with Gasteiger partial charge in [0, 0.05) is 11.6 Å². The number of carbonyl (C=O) groups is 1. The molecule has 0 bridgehead atoms. The molecular weight excluding hydrogens is 558 g/mol. The number of aromatic nitrogens is 1. The number of allylic oxidation sites excluding steroid dienone is 1. The zero-order valence-corrected chi connectivity index (χ0v) is 17.7. The fraction of sp³-hybridized carbons (Fsp3) is 0.133. The molecular formula is C15H10I2N2O2S2. The lowest BCUT2D eigenvalue weighted by atomic mass is 10.1. The minimum Gasteiger partial charge on any atom is -0.495 e. The third-order valence-electron chi connectivity index (χ3n) is 3.21. The molecule has 23 heavy (non-hydrogen) atoms. The van der Waals surface area contributed by atoms with Crippen molar-refractivity contribution in [2.24, 2.45) is 0 Å². The number of hydrogen-bond donors (Lipinski definition) is 1. The van der Waals surface area contributed by atoms with Gasteiger partial charge >= 0.3 is 0 Å². The summed E-state index contributed by atoms with van der Waals surface area (Å²) in [6.45, 7) is 0. The highest BCUT2D eigenvalue weighted by atomic mass is 127. The van der Waals surface area contributed by atoms with Gasteiger partial charge in [-0.2, -0.15) is 0 Å². The minimum atomic E-state index is -0.539. The maximum absolute atomic E-state index is 12.6. The Morgan fingerprint density at radius 1 is 1.35 bits per heavy atom. The molecule has 0 aliphatic carbocycles. The van der Waals surface area contributed by atoms with Gasteiger partial charge in [0.05, 0.1) is 24.2 Å². The topological polar surface area (TPSA) is 63.0 Å². The van der Waals surface area contributed by atoms with Gasteiger partial charge in [0.2, 0.25) is 0 Å². The van der Waals surface area contributed by atoms with E-state index in [-0.39, 0.29) is 5.78 Å². The Labute approximate surface area is 168 Å². The van der Waals surface area contributed by atoms with Gasteiger partial charge in [-0.15, -0.1) is 11.3 Å². The van der Waals surface area contributed by atoms with Crippen molar-refractivity contribution in [1.29, 1.82) is 5.41 Å². The molecule has 118 valence electrons. The number of nitrogens with one attached hydrogen (secondary N) is 1. The number of Topliss-reactive ketones (excluding diaryl/α,β-unsaturated/α-hetero) is 1. The third-order valence-corrected chi connectivity index (χ3v) is 6.65. The zero-order valence-electron chi connectivity index (χ0n) is 11.8. The fourth-order valence-electron chi connectivity index (χ4n) is 2.20. The van der Waals surface area contributed by atoms with Gasteiger partial charge in [0.1, 0.15) is 16.7 Å². The highest BCUT2D eigenvalue weighted by molar-refractivity contribution is 14.1. The summed E-state index contributed by atoms with van der Waals surface area (Å²) in [7, 11) is 1.65. The summed E-state index contributed by atoms with van der Waals surface area (Å²) in [6.07, 6.45) is 3.51. The molecule has 0 amide bonds. The van der Waals surface area contributed by atoms with Crippen molar-refractivity contribution in [3.8, 4) is 5.75 Å². The van der Waals surface area contributed by atoms with Crippen molar-refractivity contribution in [1.82, 2.24) is 4.98 Å². The maximum atomic E-state index is 12.6. The van der Waals surface area contributed by atoms with Crippen molar-refractivity contribution in [2.45, 2.75) is 5.92 Å². The van der Waals surface area contributed by atoms with E-state index in [2.05, 4.69) is 50.2 Å². The lowest BCUT2D eigenvalue weighted by Crippen LogP contribution is -2.11. The van der Waals surface area contributed by atoms with E-state index in [0.717, 1.165) is 18.5 Å². The average molecular weight is 568 g/mol.